The van der Waals surface area contributed by atoms with Crippen LogP contribution in [0.25, 0.3) is 17.4 Å². The number of alkyl halides is 3. The van der Waals surface area contributed by atoms with E-state index in [2.05, 4.69) is 0 Å². The first-order valence-corrected chi connectivity index (χ1v) is 8.49. The summed E-state index contributed by atoms with van der Waals surface area (Å²) in [5, 5.41) is 0.132. The van der Waals surface area contributed by atoms with E-state index in [9.17, 15) is 18.0 Å². The lowest BCUT2D eigenvalue weighted by Gasteiger charge is -2.09. The molecule has 0 N–H and O–H groups in total. The van der Waals surface area contributed by atoms with Crippen molar-refractivity contribution >= 4 is 23.5 Å². The molecular formula is C21H14ClF3O3. The van der Waals surface area contributed by atoms with Crippen molar-refractivity contribution in [1.29, 1.82) is 0 Å². The summed E-state index contributed by atoms with van der Waals surface area (Å²) in [5.74, 6) is 0.866. The maximum Gasteiger partial charge on any atom is 0.416 e. The predicted molar refractivity (Wildman–Crippen MR) is 101 cm³/mol. The lowest BCUT2D eigenvalue weighted by molar-refractivity contribution is -0.137. The first-order valence-electron chi connectivity index (χ1n) is 8.11. The molecule has 0 aliphatic carbocycles. The zero-order valence-corrected chi connectivity index (χ0v) is 15.3. The second-order valence-electron chi connectivity index (χ2n) is 5.82. The lowest BCUT2D eigenvalue weighted by atomic mass is 10.1. The standard InChI is InChI=1S/C21H14ClF3O3/c1-27-15-5-2-13(3-6-15)19(26)10-7-16-8-11-20(28-16)17-12-14(21(23,24)25)4-9-18(17)22/h2-12H,1H3. The number of carbonyl (C=O) groups is 1. The van der Waals surface area contributed by atoms with Crippen molar-refractivity contribution in [3.8, 4) is 17.1 Å². The van der Waals surface area contributed by atoms with Gasteiger partial charge in [-0.25, -0.2) is 0 Å². The molecular weight excluding hydrogens is 393 g/mol. The number of halogens is 4. The molecule has 0 fully saturated rings. The molecule has 28 heavy (non-hydrogen) atoms. The first kappa shape index (κ1) is 19.8. The zero-order chi connectivity index (χ0) is 20.3. The molecule has 0 atom stereocenters. The number of benzene rings is 2. The van der Waals surface area contributed by atoms with Crippen molar-refractivity contribution in [3.63, 3.8) is 0 Å². The number of hydrogen-bond acceptors (Lipinski definition) is 3. The molecule has 3 aromatic rings. The van der Waals surface area contributed by atoms with E-state index in [4.69, 9.17) is 20.8 Å². The lowest BCUT2D eigenvalue weighted by Crippen LogP contribution is -2.04. The molecule has 0 aliphatic heterocycles. The van der Waals surface area contributed by atoms with Gasteiger partial charge in [0.25, 0.3) is 0 Å². The van der Waals surface area contributed by atoms with E-state index in [0.29, 0.717) is 17.1 Å². The molecule has 144 valence electrons. The maximum absolute atomic E-state index is 12.9. The number of methoxy groups -OCH3 is 1. The fraction of sp³-hybridized carbons (Fsp3) is 0.0952. The van der Waals surface area contributed by atoms with E-state index < -0.39 is 11.7 Å². The molecule has 0 saturated carbocycles. The van der Waals surface area contributed by atoms with Gasteiger partial charge in [-0.3, -0.25) is 4.79 Å². The summed E-state index contributed by atoms with van der Waals surface area (Å²) < 4.78 is 49.3. The van der Waals surface area contributed by atoms with Gasteiger partial charge in [0.15, 0.2) is 5.78 Å². The van der Waals surface area contributed by atoms with Crippen LogP contribution in [0.3, 0.4) is 0 Å². The van der Waals surface area contributed by atoms with Crippen LogP contribution in [0.5, 0.6) is 5.75 Å². The molecule has 0 radical (unpaired) electrons. The Morgan fingerprint density at radius 2 is 1.79 bits per heavy atom. The highest BCUT2D eigenvalue weighted by atomic mass is 35.5. The van der Waals surface area contributed by atoms with Crippen molar-refractivity contribution in [3.05, 3.63) is 82.6 Å². The van der Waals surface area contributed by atoms with Gasteiger partial charge in [-0.2, -0.15) is 13.2 Å². The Morgan fingerprint density at radius 3 is 2.43 bits per heavy atom. The third-order valence-corrected chi connectivity index (χ3v) is 4.29. The Bertz CT molecular complexity index is 1020. The summed E-state index contributed by atoms with van der Waals surface area (Å²) in [4.78, 5) is 12.2. The highest BCUT2D eigenvalue weighted by Crippen LogP contribution is 2.36. The summed E-state index contributed by atoms with van der Waals surface area (Å²) in [5.41, 5.74) is -0.238. The Hall–Kier alpha value is -2.99. The Morgan fingerprint density at radius 1 is 1.07 bits per heavy atom. The molecule has 0 aliphatic rings. The largest absolute Gasteiger partial charge is 0.497 e. The van der Waals surface area contributed by atoms with Crippen LogP contribution in [-0.2, 0) is 6.18 Å². The number of ether oxygens (including phenoxy) is 1. The molecule has 0 saturated heterocycles. The molecule has 7 heteroatoms. The van der Waals surface area contributed by atoms with Gasteiger partial charge in [-0.1, -0.05) is 11.6 Å². The van der Waals surface area contributed by atoms with Crippen molar-refractivity contribution in [2.45, 2.75) is 6.18 Å². The van der Waals surface area contributed by atoms with Crippen LogP contribution in [-0.4, -0.2) is 12.9 Å². The molecule has 0 spiro atoms. The van der Waals surface area contributed by atoms with Gasteiger partial charge in [-0.15, -0.1) is 0 Å². The van der Waals surface area contributed by atoms with E-state index in [1.807, 2.05) is 0 Å². The number of ketones is 1. The molecule has 0 bridgehead atoms. The molecule has 3 nitrogen and oxygen atoms in total. The van der Waals surface area contributed by atoms with Crippen LogP contribution in [0.15, 0.2) is 65.1 Å². The summed E-state index contributed by atoms with van der Waals surface area (Å²) in [6.45, 7) is 0. The monoisotopic (exact) mass is 406 g/mol. The third-order valence-electron chi connectivity index (χ3n) is 3.96. The van der Waals surface area contributed by atoms with Gasteiger partial charge >= 0.3 is 6.18 Å². The molecule has 0 unspecified atom stereocenters. The van der Waals surface area contributed by atoms with E-state index in [1.54, 1.807) is 30.3 Å². The summed E-state index contributed by atoms with van der Waals surface area (Å²) in [7, 11) is 1.53. The van der Waals surface area contributed by atoms with Gasteiger partial charge in [0, 0.05) is 11.1 Å². The van der Waals surface area contributed by atoms with Crippen molar-refractivity contribution in [2.75, 3.05) is 7.11 Å². The maximum atomic E-state index is 12.9. The minimum Gasteiger partial charge on any atom is -0.497 e. The van der Waals surface area contributed by atoms with E-state index >= 15 is 0 Å². The topological polar surface area (TPSA) is 39.4 Å². The predicted octanol–water partition coefficient (Wildman–Crippen LogP) is 6.52. The average molecular weight is 407 g/mol. The van der Waals surface area contributed by atoms with Gasteiger partial charge in [0.05, 0.1) is 17.7 Å². The summed E-state index contributed by atoms with van der Waals surface area (Å²) in [6, 6.07) is 12.6. The summed E-state index contributed by atoms with van der Waals surface area (Å²) >= 11 is 6.01. The van der Waals surface area contributed by atoms with Crippen LogP contribution < -0.4 is 4.74 Å². The molecule has 1 aromatic heterocycles. The third kappa shape index (κ3) is 4.46. The highest BCUT2D eigenvalue weighted by Gasteiger charge is 2.31. The van der Waals surface area contributed by atoms with Crippen LogP contribution >= 0.6 is 11.6 Å². The van der Waals surface area contributed by atoms with Gasteiger partial charge in [0.2, 0.25) is 0 Å². The Kier molecular flexibility index (Phi) is 5.61. The van der Waals surface area contributed by atoms with E-state index in [-0.39, 0.29) is 22.1 Å². The number of hydrogen-bond donors (Lipinski definition) is 0. The molecule has 0 amide bonds. The molecule has 3 rings (SSSR count). The number of allylic oxidation sites excluding steroid dienone is 1. The van der Waals surface area contributed by atoms with E-state index in [1.165, 1.54) is 31.4 Å². The Labute approximate surface area is 164 Å². The second kappa shape index (κ2) is 7.94. The minimum atomic E-state index is -4.49. The SMILES string of the molecule is COc1ccc(C(=O)C=Cc2ccc(-c3cc(C(F)(F)F)ccc3Cl)o2)cc1. The van der Waals surface area contributed by atoms with Crippen molar-refractivity contribution < 1.29 is 27.1 Å². The van der Waals surface area contributed by atoms with Crippen LogP contribution in [0, 0.1) is 0 Å². The first-order chi connectivity index (χ1) is 13.3. The number of rotatable bonds is 5. The smallest absolute Gasteiger partial charge is 0.416 e. The van der Waals surface area contributed by atoms with Gasteiger partial charge < -0.3 is 9.15 Å². The van der Waals surface area contributed by atoms with E-state index in [0.717, 1.165) is 12.1 Å². The highest BCUT2D eigenvalue weighted by molar-refractivity contribution is 6.33. The Balaban J connectivity index is 1.80. The zero-order valence-electron chi connectivity index (χ0n) is 14.6. The second-order valence-corrected chi connectivity index (χ2v) is 6.23. The summed E-state index contributed by atoms with van der Waals surface area (Å²) in [6.07, 6.45) is -1.73. The minimum absolute atomic E-state index is 0.123. The van der Waals surface area contributed by atoms with Gasteiger partial charge in [0.1, 0.15) is 17.3 Å². The van der Waals surface area contributed by atoms with Crippen LogP contribution in [0.4, 0.5) is 13.2 Å². The number of carbonyl (C=O) groups excluding carboxylic acids is 1. The van der Waals surface area contributed by atoms with Crippen molar-refractivity contribution in [1.82, 2.24) is 0 Å². The molecule has 1 heterocycles. The normalized spacial score (nSPS) is 11.8. The quantitative estimate of drug-likeness (QED) is 0.357. The van der Waals surface area contributed by atoms with Crippen LogP contribution in [0.1, 0.15) is 21.7 Å². The van der Waals surface area contributed by atoms with Crippen molar-refractivity contribution in [2.24, 2.45) is 0 Å². The molecule has 2 aromatic carbocycles. The van der Waals surface area contributed by atoms with Crippen LogP contribution in [0.2, 0.25) is 5.02 Å². The average Bonchev–Trinajstić information content (AvgIpc) is 3.14. The van der Waals surface area contributed by atoms with Gasteiger partial charge in [-0.05, 0) is 66.7 Å². The fourth-order valence-corrected chi connectivity index (χ4v) is 2.70. The fourth-order valence-electron chi connectivity index (χ4n) is 2.49. The number of furan rings is 1.